The number of hydrogen-bond acceptors (Lipinski definition) is 4. The van der Waals surface area contributed by atoms with E-state index in [0.29, 0.717) is 12.2 Å². The van der Waals surface area contributed by atoms with Gasteiger partial charge in [-0.25, -0.2) is 4.90 Å². The average molecular weight is 452 g/mol. The van der Waals surface area contributed by atoms with E-state index in [0.717, 1.165) is 41.4 Å². The van der Waals surface area contributed by atoms with E-state index in [1.807, 2.05) is 73.7 Å². The Labute approximate surface area is 197 Å². The summed E-state index contributed by atoms with van der Waals surface area (Å²) < 4.78 is 0. The Kier molecular flexibility index (Phi) is 3.96. The molecule has 34 heavy (non-hydrogen) atoms. The van der Waals surface area contributed by atoms with E-state index in [2.05, 4.69) is 4.90 Å². The summed E-state index contributed by atoms with van der Waals surface area (Å²) in [6, 6.07) is 21.3. The zero-order chi connectivity index (χ0) is 23.2. The lowest BCUT2D eigenvalue weighted by molar-refractivity contribution is -0.137. The first-order valence-corrected chi connectivity index (χ1v) is 12.1. The van der Waals surface area contributed by atoms with Crippen LogP contribution in [0.15, 0.2) is 66.7 Å². The van der Waals surface area contributed by atoms with Gasteiger partial charge in [-0.15, -0.1) is 0 Å². The van der Waals surface area contributed by atoms with E-state index < -0.39 is 17.4 Å². The van der Waals surface area contributed by atoms with Crippen LogP contribution in [-0.4, -0.2) is 41.8 Å². The monoisotopic (exact) mass is 451 g/mol. The van der Waals surface area contributed by atoms with Crippen LogP contribution in [-0.2, 0) is 19.9 Å². The number of benzene rings is 3. The number of carbonyl (C=O) groups is 3. The molecular formula is C28H25N3O3. The number of likely N-dealkylation sites (N-methyl/N-ethyl adjacent to an activating group) is 1. The molecule has 3 amide bonds. The van der Waals surface area contributed by atoms with Crippen molar-refractivity contribution < 1.29 is 14.4 Å². The topological polar surface area (TPSA) is 60.9 Å². The third-order valence-electron chi connectivity index (χ3n) is 8.47. The van der Waals surface area contributed by atoms with Gasteiger partial charge in [0.1, 0.15) is 5.54 Å². The number of para-hydroxylation sites is 1. The Hall–Kier alpha value is -3.51. The van der Waals surface area contributed by atoms with Gasteiger partial charge in [-0.2, -0.15) is 0 Å². The fraction of sp³-hybridized carbons (Fsp3) is 0.321. The molecule has 4 aliphatic heterocycles. The van der Waals surface area contributed by atoms with Crippen LogP contribution in [0.25, 0.3) is 10.8 Å². The summed E-state index contributed by atoms with van der Waals surface area (Å²) in [6.45, 7) is 3.22. The third-order valence-corrected chi connectivity index (χ3v) is 8.47. The molecule has 0 unspecified atom stereocenters. The summed E-state index contributed by atoms with van der Waals surface area (Å²) in [7, 11) is 0. The predicted molar refractivity (Wildman–Crippen MR) is 129 cm³/mol. The van der Waals surface area contributed by atoms with Crippen molar-refractivity contribution in [2.75, 3.05) is 22.9 Å². The zero-order valence-electron chi connectivity index (χ0n) is 19.0. The molecule has 0 aromatic heterocycles. The lowest BCUT2D eigenvalue weighted by Crippen LogP contribution is -2.56. The molecule has 3 aromatic rings. The first-order valence-electron chi connectivity index (χ1n) is 12.1. The van der Waals surface area contributed by atoms with Crippen molar-refractivity contribution >= 4 is 39.9 Å². The molecule has 6 heteroatoms. The fourth-order valence-electron chi connectivity index (χ4n) is 7.30. The molecule has 0 N–H and O–H groups in total. The van der Waals surface area contributed by atoms with E-state index in [1.54, 1.807) is 4.90 Å². The van der Waals surface area contributed by atoms with E-state index >= 15 is 0 Å². The normalized spacial score (nSPS) is 30.0. The Morgan fingerprint density at radius 2 is 1.62 bits per heavy atom. The first-order chi connectivity index (χ1) is 16.6. The van der Waals surface area contributed by atoms with Crippen molar-refractivity contribution in [3.05, 3.63) is 72.3 Å². The quantitative estimate of drug-likeness (QED) is 0.558. The van der Waals surface area contributed by atoms with Crippen LogP contribution in [0.2, 0.25) is 0 Å². The number of amides is 3. The van der Waals surface area contributed by atoms with Gasteiger partial charge in [0.05, 0.1) is 17.5 Å². The van der Waals surface area contributed by atoms with E-state index in [1.165, 1.54) is 4.90 Å². The molecule has 4 heterocycles. The van der Waals surface area contributed by atoms with Crippen LogP contribution >= 0.6 is 0 Å². The minimum Gasteiger partial charge on any atom is -0.310 e. The molecule has 4 atom stereocenters. The lowest BCUT2D eigenvalue weighted by atomic mass is 9.75. The number of fused-ring (bicyclic) bond motifs is 8. The van der Waals surface area contributed by atoms with E-state index in [4.69, 9.17) is 0 Å². The second-order valence-corrected chi connectivity index (χ2v) is 9.75. The fourth-order valence-corrected chi connectivity index (χ4v) is 7.30. The Morgan fingerprint density at radius 1 is 0.882 bits per heavy atom. The number of rotatable bonds is 2. The molecule has 1 spiro atoms. The summed E-state index contributed by atoms with van der Waals surface area (Å²) in [5.74, 6) is -1.70. The smallest absolute Gasteiger partial charge is 0.253 e. The van der Waals surface area contributed by atoms with Gasteiger partial charge in [0.15, 0.2) is 0 Å². The van der Waals surface area contributed by atoms with Crippen LogP contribution in [0.4, 0.5) is 11.4 Å². The van der Waals surface area contributed by atoms with Gasteiger partial charge in [0, 0.05) is 29.2 Å². The van der Waals surface area contributed by atoms with Crippen molar-refractivity contribution in [2.24, 2.45) is 11.8 Å². The van der Waals surface area contributed by atoms with Gasteiger partial charge in [0.2, 0.25) is 11.8 Å². The van der Waals surface area contributed by atoms with Crippen LogP contribution in [0.3, 0.4) is 0 Å². The van der Waals surface area contributed by atoms with Crippen LogP contribution in [0.5, 0.6) is 0 Å². The second kappa shape index (κ2) is 6.76. The molecule has 0 bridgehead atoms. The zero-order valence-corrected chi connectivity index (χ0v) is 19.0. The number of imide groups is 1. The maximum Gasteiger partial charge on any atom is 0.253 e. The highest BCUT2D eigenvalue weighted by molar-refractivity contribution is 6.28. The minimum atomic E-state index is -1.11. The summed E-state index contributed by atoms with van der Waals surface area (Å²) in [5, 5.41) is 1.85. The van der Waals surface area contributed by atoms with Crippen LogP contribution in [0.1, 0.15) is 25.3 Å². The van der Waals surface area contributed by atoms with Crippen LogP contribution in [0, 0.1) is 11.8 Å². The largest absolute Gasteiger partial charge is 0.310 e. The Morgan fingerprint density at radius 3 is 2.47 bits per heavy atom. The van der Waals surface area contributed by atoms with E-state index in [9.17, 15) is 14.4 Å². The maximum atomic E-state index is 14.3. The van der Waals surface area contributed by atoms with Gasteiger partial charge in [-0.3, -0.25) is 19.3 Å². The van der Waals surface area contributed by atoms with Gasteiger partial charge < -0.3 is 4.90 Å². The Balaban J connectivity index is 1.46. The molecule has 6 nitrogen and oxygen atoms in total. The molecule has 7 rings (SSSR count). The number of anilines is 2. The number of nitrogens with zero attached hydrogens (tertiary/aromatic N) is 3. The van der Waals surface area contributed by atoms with Gasteiger partial charge >= 0.3 is 0 Å². The SMILES string of the molecule is CCN1C(=O)[C@]2(c3ccccc31)[C@@H]1C(=O)N(c3cccc4ccccc34)C(=O)[C@H]1[C@H]1CCCN12. The van der Waals surface area contributed by atoms with Gasteiger partial charge in [-0.05, 0) is 43.8 Å². The second-order valence-electron chi connectivity index (χ2n) is 9.75. The molecule has 170 valence electrons. The molecular weight excluding hydrogens is 426 g/mol. The maximum absolute atomic E-state index is 14.3. The van der Waals surface area contributed by atoms with Gasteiger partial charge in [-0.1, -0.05) is 54.6 Å². The summed E-state index contributed by atoms with van der Waals surface area (Å²) in [5.41, 5.74) is 1.26. The highest BCUT2D eigenvalue weighted by Gasteiger charge is 2.75. The highest BCUT2D eigenvalue weighted by atomic mass is 16.2. The molecule has 0 aliphatic carbocycles. The molecule has 4 aliphatic rings. The Bertz CT molecular complexity index is 1400. The molecule has 3 saturated heterocycles. The number of carbonyl (C=O) groups excluding carboxylic acids is 3. The number of hydrogen-bond donors (Lipinski definition) is 0. The third kappa shape index (κ3) is 2.13. The van der Waals surface area contributed by atoms with Crippen molar-refractivity contribution in [1.29, 1.82) is 0 Å². The predicted octanol–water partition coefficient (Wildman–Crippen LogP) is 3.69. The van der Waals surface area contributed by atoms with Crippen molar-refractivity contribution in [1.82, 2.24) is 4.90 Å². The molecule has 3 fully saturated rings. The van der Waals surface area contributed by atoms with Gasteiger partial charge in [0.25, 0.3) is 5.91 Å². The van der Waals surface area contributed by atoms with E-state index in [-0.39, 0.29) is 23.8 Å². The standard InChI is InChI=1S/C28H25N3O3/c1-2-29-21-13-6-5-12-19(21)28(27(29)34)24-23(22-15-8-16-30(22)28)25(32)31(26(24)33)20-14-7-10-17-9-3-4-11-18(17)20/h3-7,9-14,22-24H,2,8,15-16H2,1H3/t22-,23+,24+,28+/m1/s1. The molecule has 3 aromatic carbocycles. The highest BCUT2D eigenvalue weighted by Crippen LogP contribution is 2.62. The average Bonchev–Trinajstić information content (AvgIpc) is 3.56. The minimum absolute atomic E-state index is 0.0588. The summed E-state index contributed by atoms with van der Waals surface area (Å²) in [6.07, 6.45) is 1.75. The van der Waals surface area contributed by atoms with Crippen molar-refractivity contribution in [3.63, 3.8) is 0 Å². The van der Waals surface area contributed by atoms with Crippen molar-refractivity contribution in [3.8, 4) is 0 Å². The van der Waals surface area contributed by atoms with Crippen LogP contribution < -0.4 is 9.80 Å². The lowest BCUT2D eigenvalue weighted by Gasteiger charge is -2.37. The molecule has 0 saturated carbocycles. The molecule has 0 radical (unpaired) electrons. The summed E-state index contributed by atoms with van der Waals surface area (Å²) >= 11 is 0. The van der Waals surface area contributed by atoms with Crippen molar-refractivity contribution in [2.45, 2.75) is 31.3 Å². The first kappa shape index (κ1) is 19.9. The summed E-state index contributed by atoms with van der Waals surface area (Å²) in [4.78, 5) is 47.9.